The number of aromatic amines is 1. The number of thiazole rings is 1. The lowest BCUT2D eigenvalue weighted by atomic mass is 10.1. The summed E-state index contributed by atoms with van der Waals surface area (Å²) in [6, 6.07) is 10.2. The zero-order valence-electron chi connectivity index (χ0n) is 14.6. The molecule has 7 heteroatoms. The Labute approximate surface area is 156 Å². The summed E-state index contributed by atoms with van der Waals surface area (Å²) in [5, 5.41) is 14.5. The van der Waals surface area contributed by atoms with Crippen LogP contribution in [-0.2, 0) is 19.4 Å². The van der Waals surface area contributed by atoms with Crippen LogP contribution in [0.1, 0.15) is 31.6 Å². The van der Waals surface area contributed by atoms with E-state index in [4.69, 9.17) is 4.98 Å². The van der Waals surface area contributed by atoms with Crippen molar-refractivity contribution in [3.63, 3.8) is 0 Å². The van der Waals surface area contributed by atoms with Crippen molar-refractivity contribution in [2.24, 2.45) is 0 Å². The zero-order chi connectivity index (χ0) is 17.9. The van der Waals surface area contributed by atoms with E-state index in [0.29, 0.717) is 18.8 Å². The van der Waals surface area contributed by atoms with E-state index in [0.717, 1.165) is 46.9 Å². The number of rotatable bonds is 5. The Morgan fingerprint density at radius 1 is 1.31 bits per heavy atom. The molecule has 3 aromatic rings. The molecule has 1 aliphatic rings. The van der Waals surface area contributed by atoms with Crippen molar-refractivity contribution in [3.05, 3.63) is 57.2 Å². The van der Waals surface area contributed by atoms with E-state index in [1.54, 1.807) is 11.3 Å². The molecule has 3 N–H and O–H groups in total. The van der Waals surface area contributed by atoms with Gasteiger partial charge in [0.25, 0.3) is 5.91 Å². The summed E-state index contributed by atoms with van der Waals surface area (Å²) in [6.07, 6.45) is 1.60. The molecular weight excluding hydrogens is 346 g/mol. The van der Waals surface area contributed by atoms with Crippen LogP contribution in [0.3, 0.4) is 0 Å². The minimum absolute atomic E-state index is 0.122. The second-order valence-corrected chi connectivity index (χ2v) is 7.63. The Kier molecular flexibility index (Phi) is 4.81. The second kappa shape index (κ2) is 7.39. The SMILES string of the molecule is Cc1sc(CCNC(=O)c2n[nH]c3c2CNCC3)nc1-c1ccccc1. The number of hydrogen-bond donors (Lipinski definition) is 3. The first-order valence-electron chi connectivity index (χ1n) is 8.79. The molecule has 0 atom stereocenters. The van der Waals surface area contributed by atoms with Crippen LogP contribution in [0.15, 0.2) is 30.3 Å². The summed E-state index contributed by atoms with van der Waals surface area (Å²) >= 11 is 1.69. The number of benzene rings is 1. The normalized spacial score (nSPS) is 13.4. The van der Waals surface area contributed by atoms with E-state index < -0.39 is 0 Å². The molecule has 0 bridgehead atoms. The summed E-state index contributed by atoms with van der Waals surface area (Å²) in [7, 11) is 0. The van der Waals surface area contributed by atoms with Gasteiger partial charge in [-0.1, -0.05) is 30.3 Å². The first-order chi connectivity index (χ1) is 12.7. The molecule has 4 rings (SSSR count). The number of fused-ring (bicyclic) bond motifs is 1. The predicted molar refractivity (Wildman–Crippen MR) is 102 cm³/mol. The van der Waals surface area contributed by atoms with Gasteiger partial charge in [-0.2, -0.15) is 5.10 Å². The van der Waals surface area contributed by atoms with Crippen molar-refractivity contribution in [1.82, 2.24) is 25.8 Å². The number of hydrogen-bond acceptors (Lipinski definition) is 5. The number of nitrogens with one attached hydrogen (secondary N) is 3. The van der Waals surface area contributed by atoms with Gasteiger partial charge in [-0.3, -0.25) is 9.89 Å². The number of aromatic nitrogens is 3. The monoisotopic (exact) mass is 367 g/mol. The summed E-state index contributed by atoms with van der Waals surface area (Å²) in [4.78, 5) is 18.4. The van der Waals surface area contributed by atoms with Crippen molar-refractivity contribution in [2.45, 2.75) is 26.3 Å². The fourth-order valence-electron chi connectivity index (χ4n) is 3.20. The molecule has 2 aromatic heterocycles. The molecule has 0 saturated heterocycles. The fraction of sp³-hybridized carbons (Fsp3) is 0.316. The van der Waals surface area contributed by atoms with Crippen LogP contribution in [0.4, 0.5) is 0 Å². The number of amides is 1. The van der Waals surface area contributed by atoms with Crippen molar-refractivity contribution in [3.8, 4) is 11.3 Å². The molecule has 1 amide bonds. The Balaban J connectivity index is 1.38. The lowest BCUT2D eigenvalue weighted by Crippen LogP contribution is -2.29. The maximum Gasteiger partial charge on any atom is 0.272 e. The van der Waals surface area contributed by atoms with Gasteiger partial charge in [0.2, 0.25) is 0 Å². The van der Waals surface area contributed by atoms with Gasteiger partial charge in [0.05, 0.1) is 10.7 Å². The number of nitrogens with zero attached hydrogens (tertiary/aromatic N) is 2. The number of H-pyrrole nitrogens is 1. The van der Waals surface area contributed by atoms with E-state index in [1.807, 2.05) is 18.2 Å². The second-order valence-electron chi connectivity index (χ2n) is 6.34. The maximum absolute atomic E-state index is 12.4. The smallest absolute Gasteiger partial charge is 0.272 e. The van der Waals surface area contributed by atoms with Crippen molar-refractivity contribution < 1.29 is 4.79 Å². The van der Waals surface area contributed by atoms with Gasteiger partial charge in [0.1, 0.15) is 0 Å². The highest BCUT2D eigenvalue weighted by Crippen LogP contribution is 2.27. The summed E-state index contributed by atoms with van der Waals surface area (Å²) in [5.74, 6) is -0.122. The molecule has 134 valence electrons. The van der Waals surface area contributed by atoms with Crippen molar-refractivity contribution in [2.75, 3.05) is 13.1 Å². The minimum Gasteiger partial charge on any atom is -0.350 e. The molecule has 0 radical (unpaired) electrons. The van der Waals surface area contributed by atoms with Crippen LogP contribution in [0.2, 0.25) is 0 Å². The molecular formula is C19H21N5OS. The Hall–Kier alpha value is -2.51. The summed E-state index contributed by atoms with van der Waals surface area (Å²) in [6.45, 7) is 4.25. The van der Waals surface area contributed by atoms with E-state index >= 15 is 0 Å². The summed E-state index contributed by atoms with van der Waals surface area (Å²) in [5.41, 5.74) is 4.73. The van der Waals surface area contributed by atoms with Gasteiger partial charge >= 0.3 is 0 Å². The Morgan fingerprint density at radius 2 is 2.15 bits per heavy atom. The van der Waals surface area contributed by atoms with Gasteiger partial charge in [-0.15, -0.1) is 11.3 Å². The topological polar surface area (TPSA) is 82.7 Å². The first kappa shape index (κ1) is 16.9. The third kappa shape index (κ3) is 3.40. The molecule has 0 unspecified atom stereocenters. The molecule has 1 aliphatic heterocycles. The molecule has 0 spiro atoms. The average molecular weight is 367 g/mol. The van der Waals surface area contributed by atoms with E-state index in [1.165, 1.54) is 4.88 Å². The summed E-state index contributed by atoms with van der Waals surface area (Å²) < 4.78 is 0. The van der Waals surface area contributed by atoms with Gasteiger partial charge < -0.3 is 10.6 Å². The molecule has 0 saturated carbocycles. The van der Waals surface area contributed by atoms with Crippen LogP contribution in [0, 0.1) is 6.92 Å². The third-order valence-corrected chi connectivity index (χ3v) is 5.56. The fourth-order valence-corrected chi connectivity index (χ4v) is 4.16. The zero-order valence-corrected chi connectivity index (χ0v) is 15.4. The lowest BCUT2D eigenvalue weighted by molar-refractivity contribution is 0.0948. The van der Waals surface area contributed by atoms with Gasteiger partial charge in [0, 0.05) is 54.2 Å². The molecule has 0 aliphatic carbocycles. The van der Waals surface area contributed by atoms with E-state index in [-0.39, 0.29) is 5.91 Å². The Morgan fingerprint density at radius 3 is 3.00 bits per heavy atom. The standard InChI is InChI=1S/C19H21N5OS/c1-12-17(13-5-3-2-4-6-13)22-16(26-12)8-10-21-19(25)18-14-11-20-9-7-15(14)23-24-18/h2-6,20H,7-11H2,1H3,(H,21,25)(H,23,24). The lowest BCUT2D eigenvalue weighted by Gasteiger charge is -2.12. The van der Waals surface area contributed by atoms with Crippen LogP contribution >= 0.6 is 11.3 Å². The first-order valence-corrected chi connectivity index (χ1v) is 9.61. The van der Waals surface area contributed by atoms with Crippen molar-refractivity contribution in [1.29, 1.82) is 0 Å². The minimum atomic E-state index is -0.122. The van der Waals surface area contributed by atoms with E-state index in [2.05, 4.69) is 39.9 Å². The van der Waals surface area contributed by atoms with Crippen LogP contribution < -0.4 is 10.6 Å². The molecule has 0 fully saturated rings. The van der Waals surface area contributed by atoms with E-state index in [9.17, 15) is 4.79 Å². The quantitative estimate of drug-likeness (QED) is 0.647. The number of aryl methyl sites for hydroxylation is 1. The van der Waals surface area contributed by atoms with Gasteiger partial charge in [-0.05, 0) is 6.92 Å². The van der Waals surface area contributed by atoms with Crippen LogP contribution in [0.25, 0.3) is 11.3 Å². The average Bonchev–Trinajstić information content (AvgIpc) is 3.26. The number of carbonyl (C=O) groups is 1. The van der Waals surface area contributed by atoms with Crippen LogP contribution in [-0.4, -0.2) is 34.2 Å². The van der Waals surface area contributed by atoms with Gasteiger partial charge in [0.15, 0.2) is 5.69 Å². The van der Waals surface area contributed by atoms with Crippen molar-refractivity contribution >= 4 is 17.2 Å². The predicted octanol–water partition coefficient (Wildman–Crippen LogP) is 2.46. The molecule has 1 aromatic carbocycles. The molecule has 26 heavy (non-hydrogen) atoms. The van der Waals surface area contributed by atoms with Crippen LogP contribution in [0.5, 0.6) is 0 Å². The van der Waals surface area contributed by atoms with Gasteiger partial charge in [-0.25, -0.2) is 4.98 Å². The maximum atomic E-state index is 12.4. The highest BCUT2D eigenvalue weighted by Gasteiger charge is 2.21. The molecule has 6 nitrogen and oxygen atoms in total. The highest BCUT2D eigenvalue weighted by molar-refractivity contribution is 7.12. The highest BCUT2D eigenvalue weighted by atomic mass is 32.1. The molecule has 3 heterocycles. The third-order valence-electron chi connectivity index (χ3n) is 4.53. The Bertz CT molecular complexity index is 915. The number of carbonyl (C=O) groups excluding carboxylic acids is 1. The largest absolute Gasteiger partial charge is 0.350 e.